The lowest BCUT2D eigenvalue weighted by Gasteiger charge is -2.19. The molecule has 0 unspecified atom stereocenters. The molecule has 1 heterocycles. The maximum Gasteiger partial charge on any atom is 0.319 e. The molecule has 0 radical (unpaired) electrons. The van der Waals surface area contributed by atoms with E-state index in [2.05, 4.69) is 0 Å². The molecule has 138 valence electrons. The Hall–Kier alpha value is -2.16. The zero-order chi connectivity index (χ0) is 19.1. The standard InChI is InChI=1S/C17H17ClFN3O3S/c1-21(10-13-14(18)3-2-4-15(13)19)26(24,25)12-5-6-16-11(9-12)7-8-22(16)17(20)23/h2-6,9H,7-8,10H2,1H3,(H2,20,23). The molecule has 0 aromatic heterocycles. The number of fused-ring (bicyclic) bond motifs is 1. The minimum Gasteiger partial charge on any atom is -0.351 e. The van der Waals surface area contributed by atoms with E-state index in [1.165, 1.54) is 42.3 Å². The number of urea groups is 1. The lowest BCUT2D eigenvalue weighted by atomic mass is 10.2. The van der Waals surface area contributed by atoms with Gasteiger partial charge in [-0.3, -0.25) is 4.90 Å². The average Bonchev–Trinajstić information content (AvgIpc) is 3.01. The van der Waals surface area contributed by atoms with Crippen LogP contribution in [0.4, 0.5) is 14.9 Å². The number of benzene rings is 2. The molecule has 0 bridgehead atoms. The lowest BCUT2D eigenvalue weighted by molar-refractivity contribution is 0.254. The van der Waals surface area contributed by atoms with Crippen molar-refractivity contribution in [1.29, 1.82) is 0 Å². The van der Waals surface area contributed by atoms with Crippen LogP contribution in [-0.2, 0) is 23.0 Å². The maximum absolute atomic E-state index is 13.9. The first-order chi connectivity index (χ1) is 12.2. The van der Waals surface area contributed by atoms with E-state index in [-0.39, 0.29) is 22.0 Å². The highest BCUT2D eigenvalue weighted by atomic mass is 35.5. The summed E-state index contributed by atoms with van der Waals surface area (Å²) in [6.07, 6.45) is 0.518. The number of hydrogen-bond donors (Lipinski definition) is 1. The van der Waals surface area contributed by atoms with Gasteiger partial charge in [0.05, 0.1) is 4.90 Å². The molecule has 2 aromatic rings. The molecule has 0 aliphatic carbocycles. The predicted molar refractivity (Wildman–Crippen MR) is 97.1 cm³/mol. The van der Waals surface area contributed by atoms with Crippen molar-refractivity contribution in [2.24, 2.45) is 5.73 Å². The summed E-state index contributed by atoms with van der Waals surface area (Å²) >= 11 is 5.98. The van der Waals surface area contributed by atoms with Crippen molar-refractivity contribution in [1.82, 2.24) is 4.31 Å². The third-order valence-electron chi connectivity index (χ3n) is 4.36. The number of carbonyl (C=O) groups is 1. The van der Waals surface area contributed by atoms with E-state index in [1.807, 2.05) is 0 Å². The average molecular weight is 398 g/mol. The number of primary amides is 1. The van der Waals surface area contributed by atoms with Gasteiger partial charge in [-0.05, 0) is 42.3 Å². The molecular weight excluding hydrogens is 381 g/mol. The van der Waals surface area contributed by atoms with Crippen LogP contribution in [0.2, 0.25) is 5.02 Å². The summed E-state index contributed by atoms with van der Waals surface area (Å²) in [5, 5.41) is 0.165. The van der Waals surface area contributed by atoms with E-state index < -0.39 is 21.9 Å². The van der Waals surface area contributed by atoms with Crippen molar-refractivity contribution < 1.29 is 17.6 Å². The Kier molecular flexibility index (Phi) is 4.92. The van der Waals surface area contributed by atoms with Crippen LogP contribution in [0.5, 0.6) is 0 Å². The molecule has 2 aromatic carbocycles. The van der Waals surface area contributed by atoms with E-state index in [1.54, 1.807) is 6.07 Å². The van der Waals surface area contributed by atoms with Crippen LogP contribution in [0, 0.1) is 5.82 Å². The second-order valence-corrected chi connectivity index (χ2v) is 8.44. The van der Waals surface area contributed by atoms with Gasteiger partial charge in [0.15, 0.2) is 0 Å². The molecule has 2 amide bonds. The number of halogens is 2. The van der Waals surface area contributed by atoms with E-state index >= 15 is 0 Å². The van der Waals surface area contributed by atoms with Crippen LogP contribution in [0.15, 0.2) is 41.3 Å². The summed E-state index contributed by atoms with van der Waals surface area (Å²) in [5.74, 6) is -0.564. The second-order valence-electron chi connectivity index (χ2n) is 5.99. The minimum atomic E-state index is -3.86. The van der Waals surface area contributed by atoms with Gasteiger partial charge in [-0.1, -0.05) is 17.7 Å². The normalized spacial score (nSPS) is 13.9. The first-order valence-electron chi connectivity index (χ1n) is 7.81. The Labute approximate surface area is 156 Å². The molecule has 0 fully saturated rings. The fourth-order valence-corrected chi connectivity index (χ4v) is 4.35. The minimum absolute atomic E-state index is 0.0672. The second kappa shape index (κ2) is 6.86. The van der Waals surface area contributed by atoms with Gasteiger partial charge in [0.2, 0.25) is 10.0 Å². The molecule has 1 aliphatic rings. The van der Waals surface area contributed by atoms with Crippen molar-refractivity contribution in [3.05, 3.63) is 58.4 Å². The third-order valence-corrected chi connectivity index (χ3v) is 6.52. The first-order valence-corrected chi connectivity index (χ1v) is 9.62. The number of carbonyl (C=O) groups excluding carboxylic acids is 1. The number of nitrogens with zero attached hydrogens (tertiary/aromatic N) is 2. The lowest BCUT2D eigenvalue weighted by Crippen LogP contribution is -2.33. The maximum atomic E-state index is 13.9. The smallest absolute Gasteiger partial charge is 0.319 e. The van der Waals surface area contributed by atoms with Crippen LogP contribution in [0.25, 0.3) is 0 Å². The molecule has 3 rings (SSSR count). The van der Waals surface area contributed by atoms with Crippen LogP contribution in [-0.4, -0.2) is 32.3 Å². The number of sulfonamides is 1. The van der Waals surface area contributed by atoms with Gasteiger partial charge in [-0.2, -0.15) is 4.31 Å². The van der Waals surface area contributed by atoms with Crippen molar-refractivity contribution >= 4 is 33.3 Å². The highest BCUT2D eigenvalue weighted by Crippen LogP contribution is 2.31. The largest absolute Gasteiger partial charge is 0.351 e. The quantitative estimate of drug-likeness (QED) is 0.860. The zero-order valence-corrected chi connectivity index (χ0v) is 15.5. The number of nitrogens with two attached hydrogens (primary N) is 1. The van der Waals surface area contributed by atoms with Crippen molar-refractivity contribution in [3.63, 3.8) is 0 Å². The fraction of sp³-hybridized carbons (Fsp3) is 0.235. The Balaban J connectivity index is 1.90. The molecule has 6 nitrogen and oxygen atoms in total. The molecule has 9 heteroatoms. The molecule has 0 saturated heterocycles. The van der Waals surface area contributed by atoms with Crippen molar-refractivity contribution in [3.8, 4) is 0 Å². The van der Waals surface area contributed by atoms with Crippen LogP contribution in [0.3, 0.4) is 0 Å². The summed E-state index contributed by atoms with van der Waals surface area (Å²) in [4.78, 5) is 12.9. The number of hydrogen-bond acceptors (Lipinski definition) is 3. The van der Waals surface area contributed by atoms with Gasteiger partial charge in [-0.15, -0.1) is 0 Å². The molecule has 1 aliphatic heterocycles. The van der Waals surface area contributed by atoms with Gasteiger partial charge < -0.3 is 5.73 Å². The van der Waals surface area contributed by atoms with Gasteiger partial charge in [0.25, 0.3) is 0 Å². The van der Waals surface area contributed by atoms with Crippen LogP contribution < -0.4 is 10.6 Å². The number of rotatable bonds is 4. The summed E-state index contributed by atoms with van der Waals surface area (Å²) in [5.41, 5.74) is 6.76. The van der Waals surface area contributed by atoms with Gasteiger partial charge in [0.1, 0.15) is 5.82 Å². The van der Waals surface area contributed by atoms with Crippen molar-refractivity contribution in [2.75, 3.05) is 18.5 Å². The highest BCUT2D eigenvalue weighted by Gasteiger charge is 2.28. The van der Waals surface area contributed by atoms with Gasteiger partial charge in [-0.25, -0.2) is 17.6 Å². The number of anilines is 1. The molecule has 0 spiro atoms. The number of amides is 2. The highest BCUT2D eigenvalue weighted by molar-refractivity contribution is 7.89. The Morgan fingerprint density at radius 2 is 2.08 bits per heavy atom. The van der Waals surface area contributed by atoms with E-state index in [0.29, 0.717) is 18.7 Å². The Bertz CT molecular complexity index is 961. The van der Waals surface area contributed by atoms with E-state index in [0.717, 1.165) is 9.87 Å². The van der Waals surface area contributed by atoms with Gasteiger partial charge in [0, 0.05) is 36.4 Å². The zero-order valence-electron chi connectivity index (χ0n) is 13.9. The van der Waals surface area contributed by atoms with E-state index in [4.69, 9.17) is 17.3 Å². The molecule has 2 N–H and O–H groups in total. The van der Waals surface area contributed by atoms with Crippen LogP contribution >= 0.6 is 11.6 Å². The Morgan fingerprint density at radius 1 is 1.35 bits per heavy atom. The topological polar surface area (TPSA) is 83.7 Å². The van der Waals surface area contributed by atoms with Crippen LogP contribution in [0.1, 0.15) is 11.1 Å². The molecular formula is C17H17ClFN3O3S. The third kappa shape index (κ3) is 3.27. The van der Waals surface area contributed by atoms with Crippen molar-refractivity contribution in [2.45, 2.75) is 17.9 Å². The molecule has 0 atom stereocenters. The first kappa shape index (κ1) is 18.6. The SMILES string of the molecule is CN(Cc1c(F)cccc1Cl)S(=O)(=O)c1ccc2c(c1)CCN2C(N)=O. The van der Waals surface area contributed by atoms with E-state index in [9.17, 15) is 17.6 Å². The summed E-state index contributed by atoms with van der Waals surface area (Å²) < 4.78 is 40.6. The molecule has 26 heavy (non-hydrogen) atoms. The molecule has 0 saturated carbocycles. The van der Waals surface area contributed by atoms with Gasteiger partial charge >= 0.3 is 6.03 Å². The Morgan fingerprint density at radius 3 is 2.73 bits per heavy atom. The predicted octanol–water partition coefficient (Wildman–Crippen LogP) is 2.74. The summed E-state index contributed by atoms with van der Waals surface area (Å²) in [6, 6.07) is 8.11. The summed E-state index contributed by atoms with van der Waals surface area (Å²) in [6.45, 7) is 0.215. The summed E-state index contributed by atoms with van der Waals surface area (Å²) in [7, 11) is -2.49. The monoisotopic (exact) mass is 397 g/mol. The fourth-order valence-electron chi connectivity index (χ4n) is 2.94.